The number of hydrogen-bond donors (Lipinski definition) is 0. The summed E-state index contributed by atoms with van der Waals surface area (Å²) in [5.74, 6) is -0.172. The first-order chi connectivity index (χ1) is 16.4. The third kappa shape index (κ3) is 4.24. The second kappa shape index (κ2) is 9.60. The van der Waals surface area contributed by atoms with Crippen LogP contribution >= 0.6 is 0 Å². The largest absolute Gasteiger partial charge is 0.319 e. The fourth-order valence-corrected chi connectivity index (χ4v) is 4.41. The molecule has 0 saturated heterocycles. The van der Waals surface area contributed by atoms with Crippen LogP contribution in [0.25, 0.3) is 0 Å². The van der Waals surface area contributed by atoms with Gasteiger partial charge in [-0.15, -0.1) is 0 Å². The van der Waals surface area contributed by atoms with Crippen molar-refractivity contribution in [3.63, 3.8) is 0 Å². The highest BCUT2D eigenvalue weighted by Gasteiger charge is 2.38. The van der Waals surface area contributed by atoms with Crippen LogP contribution in [0.3, 0.4) is 0 Å². The van der Waals surface area contributed by atoms with Gasteiger partial charge in [-0.2, -0.15) is 0 Å². The summed E-state index contributed by atoms with van der Waals surface area (Å²) in [6.07, 6.45) is 4.64. The lowest BCUT2D eigenvalue weighted by molar-refractivity contribution is -0.137. The topological polar surface area (TPSA) is 52.0 Å². The number of aryl methyl sites for hydroxylation is 1. The quantitative estimate of drug-likeness (QED) is 0.238. The van der Waals surface area contributed by atoms with Crippen LogP contribution in [-0.2, 0) is 21.5 Å². The maximum atomic E-state index is 12.7. The van der Waals surface area contributed by atoms with E-state index in [9.17, 15) is 9.59 Å². The lowest BCUT2D eigenvalue weighted by atomic mass is 9.77. The van der Waals surface area contributed by atoms with Crippen molar-refractivity contribution in [3.8, 4) is 0 Å². The summed E-state index contributed by atoms with van der Waals surface area (Å²) in [6.45, 7) is 4.86. The number of ketones is 2. The van der Waals surface area contributed by atoms with E-state index in [1.165, 1.54) is 6.92 Å². The van der Waals surface area contributed by atoms with E-state index in [0.717, 1.165) is 22.4 Å². The number of nitrogens with zero attached hydrogens (tertiary/aromatic N) is 2. The van der Waals surface area contributed by atoms with Gasteiger partial charge in [0.05, 0.1) is 17.4 Å². The van der Waals surface area contributed by atoms with Gasteiger partial charge in [0, 0.05) is 12.6 Å². The van der Waals surface area contributed by atoms with Gasteiger partial charge >= 0.3 is 0 Å². The van der Waals surface area contributed by atoms with E-state index in [4.69, 9.17) is 0 Å². The predicted molar refractivity (Wildman–Crippen MR) is 135 cm³/mol. The van der Waals surface area contributed by atoms with Crippen LogP contribution in [0.15, 0.2) is 104 Å². The lowest BCUT2D eigenvalue weighted by Crippen LogP contribution is -2.37. The molecular weight excluding hydrogens is 420 g/mol. The first kappa shape index (κ1) is 23.4. The van der Waals surface area contributed by atoms with Gasteiger partial charge in [-0.25, -0.2) is 4.98 Å². The van der Waals surface area contributed by atoms with Gasteiger partial charge in [0.2, 0.25) is 0 Å². The molecule has 0 radical (unpaired) electrons. The Hall–Kier alpha value is -3.79. The molecule has 0 amide bonds. The molecule has 1 aromatic heterocycles. The second-order valence-electron chi connectivity index (χ2n) is 9.19. The SMILES string of the molecule is CC(=O)C(C)(C)C(=O)CCc1cn(C(c2ccccc2)(c2ccccc2)c2ccccc2)cn1. The van der Waals surface area contributed by atoms with Crippen LogP contribution in [0.4, 0.5) is 0 Å². The van der Waals surface area contributed by atoms with Crippen LogP contribution in [0.1, 0.15) is 49.6 Å². The average molecular weight is 451 g/mol. The highest BCUT2D eigenvalue weighted by Crippen LogP contribution is 2.40. The Morgan fingerprint density at radius 3 is 1.62 bits per heavy atom. The Kier molecular flexibility index (Phi) is 6.60. The molecule has 0 atom stereocenters. The smallest absolute Gasteiger partial charge is 0.146 e. The van der Waals surface area contributed by atoms with Crippen molar-refractivity contribution >= 4 is 11.6 Å². The third-order valence-electron chi connectivity index (χ3n) is 6.78. The van der Waals surface area contributed by atoms with E-state index >= 15 is 0 Å². The maximum absolute atomic E-state index is 12.7. The molecule has 0 bridgehead atoms. The number of rotatable bonds is 9. The molecule has 0 aliphatic rings. The van der Waals surface area contributed by atoms with E-state index in [0.29, 0.717) is 6.42 Å². The minimum atomic E-state index is -0.968. The van der Waals surface area contributed by atoms with Crippen molar-refractivity contribution in [2.75, 3.05) is 0 Å². The number of carbonyl (C=O) groups excluding carboxylic acids is 2. The first-order valence-corrected chi connectivity index (χ1v) is 11.6. The molecule has 4 aromatic rings. The molecule has 34 heavy (non-hydrogen) atoms. The van der Waals surface area contributed by atoms with E-state index in [2.05, 4.69) is 82.3 Å². The summed E-state index contributed by atoms with van der Waals surface area (Å²) in [6, 6.07) is 31.2. The minimum Gasteiger partial charge on any atom is -0.319 e. The molecule has 0 aliphatic carbocycles. The zero-order valence-electron chi connectivity index (χ0n) is 19.9. The molecule has 0 aliphatic heterocycles. The van der Waals surface area contributed by atoms with Crippen LogP contribution in [0.5, 0.6) is 0 Å². The van der Waals surface area contributed by atoms with E-state index < -0.39 is 11.0 Å². The Labute approximate surface area is 201 Å². The van der Waals surface area contributed by atoms with E-state index in [-0.39, 0.29) is 18.0 Å². The second-order valence-corrected chi connectivity index (χ2v) is 9.19. The number of hydrogen-bond acceptors (Lipinski definition) is 3. The van der Waals surface area contributed by atoms with Gasteiger partial charge in [-0.1, -0.05) is 91.0 Å². The number of Topliss-reactive ketones (excluding diaryl/α,β-unsaturated/α-hetero) is 2. The van der Waals surface area contributed by atoms with Crippen molar-refractivity contribution in [1.82, 2.24) is 9.55 Å². The number of imidazole rings is 1. The minimum absolute atomic E-state index is 0.0602. The molecule has 0 fully saturated rings. The monoisotopic (exact) mass is 450 g/mol. The molecule has 172 valence electrons. The fraction of sp³-hybridized carbons (Fsp3) is 0.233. The predicted octanol–water partition coefficient (Wildman–Crippen LogP) is 5.84. The molecule has 0 N–H and O–H groups in total. The summed E-state index contributed by atoms with van der Waals surface area (Å²) < 4.78 is 2.14. The summed E-state index contributed by atoms with van der Waals surface area (Å²) in [5.41, 5.74) is 2.57. The van der Waals surface area contributed by atoms with Crippen LogP contribution in [0, 0.1) is 5.41 Å². The van der Waals surface area contributed by atoms with Crippen LogP contribution in [0.2, 0.25) is 0 Å². The number of aromatic nitrogens is 2. The Balaban J connectivity index is 1.81. The summed E-state index contributed by atoms with van der Waals surface area (Å²) in [5, 5.41) is 0. The van der Waals surface area contributed by atoms with Gasteiger partial charge < -0.3 is 4.57 Å². The average Bonchev–Trinajstić information content (AvgIpc) is 3.34. The van der Waals surface area contributed by atoms with Gasteiger partial charge in [0.15, 0.2) is 0 Å². The van der Waals surface area contributed by atoms with Crippen molar-refractivity contribution in [1.29, 1.82) is 0 Å². The molecule has 4 rings (SSSR count). The zero-order chi connectivity index (χ0) is 24.2. The lowest BCUT2D eigenvalue weighted by Gasteiger charge is -2.37. The molecule has 1 heterocycles. The Morgan fingerprint density at radius 2 is 1.21 bits per heavy atom. The highest BCUT2D eigenvalue weighted by atomic mass is 16.2. The molecule has 0 saturated carbocycles. The number of benzene rings is 3. The summed E-state index contributed by atoms with van der Waals surface area (Å²) >= 11 is 0. The third-order valence-corrected chi connectivity index (χ3v) is 6.78. The van der Waals surface area contributed by atoms with E-state index in [1.807, 2.05) is 30.7 Å². The molecular formula is C30H30N2O2. The summed E-state index contributed by atoms with van der Waals surface area (Å²) in [7, 11) is 0. The van der Waals surface area contributed by atoms with Crippen molar-refractivity contribution in [2.45, 2.75) is 39.2 Å². The van der Waals surface area contributed by atoms with Crippen LogP contribution in [-0.4, -0.2) is 21.1 Å². The van der Waals surface area contributed by atoms with Gasteiger partial charge in [-0.3, -0.25) is 9.59 Å². The normalized spacial score (nSPS) is 11.9. The maximum Gasteiger partial charge on any atom is 0.146 e. The van der Waals surface area contributed by atoms with Crippen molar-refractivity contribution in [3.05, 3.63) is 126 Å². The highest BCUT2D eigenvalue weighted by molar-refractivity contribution is 6.05. The van der Waals surface area contributed by atoms with E-state index in [1.54, 1.807) is 13.8 Å². The summed E-state index contributed by atoms with van der Waals surface area (Å²) in [4.78, 5) is 29.3. The molecule has 0 unspecified atom stereocenters. The van der Waals surface area contributed by atoms with Crippen LogP contribution < -0.4 is 0 Å². The van der Waals surface area contributed by atoms with Crippen molar-refractivity contribution < 1.29 is 9.59 Å². The fourth-order valence-electron chi connectivity index (χ4n) is 4.41. The number of carbonyl (C=O) groups is 2. The first-order valence-electron chi connectivity index (χ1n) is 11.6. The Bertz CT molecular complexity index is 1160. The zero-order valence-corrected chi connectivity index (χ0v) is 19.9. The molecule has 3 aromatic carbocycles. The van der Waals surface area contributed by atoms with Crippen molar-refractivity contribution in [2.24, 2.45) is 5.41 Å². The molecule has 4 heteroatoms. The van der Waals surface area contributed by atoms with Gasteiger partial charge in [0.25, 0.3) is 0 Å². The molecule has 4 nitrogen and oxygen atoms in total. The standard InChI is InChI=1S/C30H30N2O2/c1-23(33)29(2,3)28(34)20-19-27-21-32(22-31-27)30(24-13-7-4-8-14-24,25-15-9-5-10-16-25)26-17-11-6-12-18-26/h4-18,21-22H,19-20H2,1-3H3. The van der Waals surface area contributed by atoms with Gasteiger partial charge in [-0.05, 0) is 43.9 Å². The van der Waals surface area contributed by atoms with Gasteiger partial charge in [0.1, 0.15) is 17.1 Å². The molecule has 0 spiro atoms. The Morgan fingerprint density at radius 1 is 0.765 bits per heavy atom.